The van der Waals surface area contributed by atoms with Crippen LogP contribution < -0.4 is 14.8 Å². The molecule has 0 radical (unpaired) electrons. The third-order valence-corrected chi connectivity index (χ3v) is 7.53. The van der Waals surface area contributed by atoms with E-state index in [1.807, 2.05) is 31.2 Å². The summed E-state index contributed by atoms with van der Waals surface area (Å²) in [4.78, 5) is 12.2. The van der Waals surface area contributed by atoms with E-state index in [9.17, 15) is 9.90 Å². The van der Waals surface area contributed by atoms with Gasteiger partial charge in [-0.3, -0.25) is 0 Å². The lowest BCUT2D eigenvalue weighted by molar-refractivity contribution is -0.145. The molecule has 0 atom stereocenters. The van der Waals surface area contributed by atoms with Gasteiger partial charge in [0.15, 0.2) is 0 Å². The summed E-state index contributed by atoms with van der Waals surface area (Å²) < 4.78 is 22.9. The molecule has 4 rings (SSSR count). The van der Waals surface area contributed by atoms with Gasteiger partial charge in [-0.1, -0.05) is 30.5 Å². The number of hydrogen-bond acceptors (Lipinski definition) is 6. The van der Waals surface area contributed by atoms with Gasteiger partial charge in [-0.05, 0) is 49.1 Å². The predicted octanol–water partition coefficient (Wildman–Crippen LogP) is 5.84. The molecule has 1 aliphatic heterocycles. The smallest absolute Gasteiger partial charge is 0.329 e. The molecule has 0 unspecified atom stereocenters. The number of carboxylic acids is 1. The number of aliphatic carboxylic acids is 1. The van der Waals surface area contributed by atoms with Crippen LogP contribution in [0.5, 0.6) is 11.5 Å². The lowest BCUT2D eigenvalue weighted by Gasteiger charge is -2.35. The van der Waals surface area contributed by atoms with Crippen LogP contribution in [0.1, 0.15) is 49.7 Å². The topological polar surface area (TPSA) is 86.3 Å². The zero-order valence-corrected chi connectivity index (χ0v) is 21.4. The number of hydrogen-bond donors (Lipinski definition) is 2. The van der Waals surface area contributed by atoms with E-state index in [0.29, 0.717) is 49.2 Å². The van der Waals surface area contributed by atoms with Crippen molar-refractivity contribution in [3.8, 4) is 22.6 Å². The first kappa shape index (κ1) is 25.6. The maximum Gasteiger partial charge on any atom is 0.329 e. The summed E-state index contributed by atoms with van der Waals surface area (Å²) in [6.07, 6.45) is 5.51. The van der Waals surface area contributed by atoms with Gasteiger partial charge >= 0.3 is 5.97 Å². The van der Waals surface area contributed by atoms with Crippen LogP contribution in [0.2, 0.25) is 5.02 Å². The Morgan fingerprint density at radius 1 is 1.14 bits per heavy atom. The molecule has 8 heteroatoms. The van der Waals surface area contributed by atoms with E-state index in [-0.39, 0.29) is 6.10 Å². The third-order valence-electron chi connectivity index (χ3n) is 7.16. The number of methoxy groups -OCH3 is 2. The van der Waals surface area contributed by atoms with E-state index in [1.165, 1.54) is 12.8 Å². The average Bonchev–Trinajstić information content (AvgIpc) is 3.38. The molecule has 1 saturated carbocycles. The Labute approximate surface area is 211 Å². The molecule has 2 N–H and O–H groups in total. The van der Waals surface area contributed by atoms with Crippen LogP contribution in [0.15, 0.2) is 24.3 Å². The summed E-state index contributed by atoms with van der Waals surface area (Å²) in [6, 6.07) is 7.74. The molecule has 0 amide bonds. The first-order valence-electron chi connectivity index (χ1n) is 12.1. The molecule has 1 heterocycles. The van der Waals surface area contributed by atoms with Crippen molar-refractivity contribution in [1.82, 2.24) is 0 Å². The van der Waals surface area contributed by atoms with E-state index < -0.39 is 11.5 Å². The number of benzene rings is 2. The Balaban J connectivity index is 1.75. The molecule has 0 spiro atoms. The van der Waals surface area contributed by atoms with Gasteiger partial charge in [0.1, 0.15) is 17.0 Å². The fraction of sp³-hybridized carbons (Fsp3) is 0.519. The van der Waals surface area contributed by atoms with Gasteiger partial charge in [-0.15, -0.1) is 0 Å². The first-order valence-corrected chi connectivity index (χ1v) is 12.5. The molecule has 2 aromatic rings. The Hall–Kier alpha value is -2.48. The lowest BCUT2D eigenvalue weighted by Crippen LogP contribution is -2.50. The van der Waals surface area contributed by atoms with Gasteiger partial charge in [-0.2, -0.15) is 0 Å². The van der Waals surface area contributed by atoms with Gasteiger partial charge in [0, 0.05) is 42.9 Å². The molecule has 2 aromatic carbocycles. The number of ether oxygens (including phenoxy) is 4. The Bertz CT molecular complexity index is 1060. The van der Waals surface area contributed by atoms with E-state index >= 15 is 0 Å². The Morgan fingerprint density at radius 3 is 2.49 bits per heavy atom. The van der Waals surface area contributed by atoms with E-state index in [1.54, 1.807) is 14.2 Å². The molecule has 190 valence electrons. The fourth-order valence-electron chi connectivity index (χ4n) is 5.06. The van der Waals surface area contributed by atoms with Crippen molar-refractivity contribution >= 4 is 23.3 Å². The number of nitrogens with one attached hydrogen (secondary N) is 1. The molecule has 2 fully saturated rings. The predicted molar refractivity (Wildman–Crippen MR) is 136 cm³/mol. The average molecular weight is 504 g/mol. The van der Waals surface area contributed by atoms with Crippen LogP contribution in [0.3, 0.4) is 0 Å². The summed E-state index contributed by atoms with van der Waals surface area (Å²) in [6.45, 7) is 3.12. The Morgan fingerprint density at radius 2 is 1.86 bits per heavy atom. The largest absolute Gasteiger partial charge is 0.496 e. The highest BCUT2D eigenvalue weighted by molar-refractivity contribution is 6.35. The SMILES string of the molecule is COc1cc(-c2ccc(NC3(C(=O)O)CCOCC3)cc2COC2CCCC2)c(Cl)c(OC)c1C. The normalized spacial score (nSPS) is 17.8. The highest BCUT2D eigenvalue weighted by Crippen LogP contribution is 2.44. The minimum absolute atomic E-state index is 0.234. The van der Waals surface area contributed by atoms with Crippen LogP contribution >= 0.6 is 11.6 Å². The van der Waals surface area contributed by atoms with E-state index in [0.717, 1.165) is 40.8 Å². The second-order valence-corrected chi connectivity index (χ2v) is 9.69. The molecule has 0 bridgehead atoms. The number of carbonyl (C=O) groups is 1. The number of carboxylic acid groups (broad SMARTS) is 1. The first-order chi connectivity index (χ1) is 16.9. The van der Waals surface area contributed by atoms with Crippen molar-refractivity contribution in [2.45, 2.75) is 63.7 Å². The van der Waals surface area contributed by atoms with E-state index in [2.05, 4.69) is 5.32 Å². The summed E-state index contributed by atoms with van der Waals surface area (Å²) in [5, 5.41) is 13.8. The van der Waals surface area contributed by atoms with Gasteiger partial charge in [0.25, 0.3) is 0 Å². The number of halogens is 1. The quantitative estimate of drug-likeness (QED) is 0.444. The second kappa shape index (κ2) is 11.1. The Kier molecular flexibility index (Phi) is 8.09. The van der Waals surface area contributed by atoms with Crippen molar-refractivity contribution in [2.75, 3.05) is 32.8 Å². The summed E-state index contributed by atoms with van der Waals surface area (Å²) in [7, 11) is 3.21. The summed E-state index contributed by atoms with van der Waals surface area (Å²) >= 11 is 6.81. The van der Waals surface area contributed by atoms with Gasteiger partial charge in [0.2, 0.25) is 0 Å². The van der Waals surface area contributed by atoms with Crippen molar-refractivity contribution in [1.29, 1.82) is 0 Å². The van der Waals surface area contributed by atoms with Gasteiger partial charge in [0.05, 0.1) is 32.0 Å². The van der Waals surface area contributed by atoms with Crippen LogP contribution in [0.4, 0.5) is 5.69 Å². The van der Waals surface area contributed by atoms with Crippen molar-refractivity contribution in [3.05, 3.63) is 40.4 Å². The van der Waals surface area contributed by atoms with Crippen molar-refractivity contribution in [3.63, 3.8) is 0 Å². The highest BCUT2D eigenvalue weighted by atomic mass is 35.5. The van der Waals surface area contributed by atoms with Crippen LogP contribution in [0.25, 0.3) is 11.1 Å². The molecule has 7 nitrogen and oxygen atoms in total. The number of anilines is 1. The monoisotopic (exact) mass is 503 g/mol. The molecule has 0 aromatic heterocycles. The summed E-state index contributed by atoms with van der Waals surface area (Å²) in [5.74, 6) is 0.376. The zero-order chi connectivity index (χ0) is 25.0. The van der Waals surface area contributed by atoms with Crippen LogP contribution in [-0.4, -0.2) is 50.2 Å². The molecule has 35 heavy (non-hydrogen) atoms. The maximum atomic E-state index is 12.2. The van der Waals surface area contributed by atoms with Crippen LogP contribution in [0, 0.1) is 6.92 Å². The van der Waals surface area contributed by atoms with Crippen LogP contribution in [-0.2, 0) is 20.9 Å². The molecule has 1 saturated heterocycles. The summed E-state index contributed by atoms with van der Waals surface area (Å²) in [5.41, 5.74) is 3.09. The molecular formula is C27H34ClNO6. The van der Waals surface area contributed by atoms with Gasteiger partial charge < -0.3 is 29.4 Å². The zero-order valence-electron chi connectivity index (χ0n) is 20.6. The van der Waals surface area contributed by atoms with E-state index in [4.69, 9.17) is 30.5 Å². The minimum Gasteiger partial charge on any atom is -0.496 e. The van der Waals surface area contributed by atoms with Crippen molar-refractivity contribution < 1.29 is 28.8 Å². The third kappa shape index (κ3) is 5.37. The number of rotatable bonds is 9. The lowest BCUT2D eigenvalue weighted by atomic mass is 9.89. The molecule has 1 aliphatic carbocycles. The molecule has 2 aliphatic rings. The highest BCUT2D eigenvalue weighted by Gasteiger charge is 2.40. The minimum atomic E-state index is -1.06. The molecular weight excluding hydrogens is 470 g/mol. The second-order valence-electron chi connectivity index (χ2n) is 9.31. The van der Waals surface area contributed by atoms with Gasteiger partial charge in [-0.25, -0.2) is 4.79 Å². The standard InChI is InChI=1S/C27H34ClNO6/c1-17-23(32-2)15-22(24(28)25(17)33-3)21-9-8-19(14-18(21)16-35-20-6-4-5-7-20)29-27(26(30)31)10-12-34-13-11-27/h8-9,14-15,20,29H,4-7,10-13,16H2,1-3H3,(H,30,31). The van der Waals surface area contributed by atoms with Crippen molar-refractivity contribution in [2.24, 2.45) is 0 Å². The maximum absolute atomic E-state index is 12.2. The fourth-order valence-corrected chi connectivity index (χ4v) is 5.43.